The number of likely N-dealkylation sites (tertiary alicyclic amines) is 1. The highest BCUT2D eigenvalue weighted by Gasteiger charge is 2.39. The molecule has 2 rings (SSSR count). The van der Waals surface area contributed by atoms with Crippen LogP contribution in [0.2, 0.25) is 0 Å². The minimum absolute atomic E-state index is 0.0130. The molecule has 1 aliphatic heterocycles. The number of aromatic nitrogens is 2. The summed E-state index contributed by atoms with van der Waals surface area (Å²) < 4.78 is 0. The molecule has 1 aromatic rings. The number of hydrogen-bond acceptors (Lipinski definition) is 8. The first-order chi connectivity index (χ1) is 17.6. The van der Waals surface area contributed by atoms with Gasteiger partial charge in [-0.25, -0.2) is 9.78 Å². The van der Waals surface area contributed by atoms with Crippen LogP contribution in [0.15, 0.2) is 17.5 Å². The van der Waals surface area contributed by atoms with Gasteiger partial charge >= 0.3 is 5.97 Å². The lowest BCUT2D eigenvalue weighted by Crippen LogP contribution is -2.57. The first-order valence-corrected chi connectivity index (χ1v) is 13.4. The van der Waals surface area contributed by atoms with E-state index in [2.05, 4.69) is 25.6 Å². The van der Waals surface area contributed by atoms with Crippen LogP contribution in [0, 0.1) is 0 Å². The monoisotopic (exact) mass is 539 g/mol. The Morgan fingerprint density at radius 3 is 2.65 bits per heavy atom. The van der Waals surface area contributed by atoms with Gasteiger partial charge in [0.15, 0.2) is 5.96 Å². The van der Waals surface area contributed by atoms with E-state index < -0.39 is 47.9 Å². The second kappa shape index (κ2) is 15.0. The number of H-pyrrole nitrogens is 1. The number of guanidine groups is 1. The average Bonchev–Trinajstić information content (AvgIpc) is 3.55. The van der Waals surface area contributed by atoms with Gasteiger partial charge in [0.1, 0.15) is 18.1 Å². The zero-order valence-electron chi connectivity index (χ0n) is 20.9. The van der Waals surface area contributed by atoms with Gasteiger partial charge < -0.3 is 42.8 Å². The van der Waals surface area contributed by atoms with Crippen LogP contribution in [0.5, 0.6) is 0 Å². The van der Waals surface area contributed by atoms with E-state index in [1.165, 1.54) is 17.4 Å². The van der Waals surface area contributed by atoms with Crippen LogP contribution < -0.4 is 27.8 Å². The Morgan fingerprint density at radius 2 is 2.03 bits per heavy atom. The largest absolute Gasteiger partial charge is 0.480 e. The topological polar surface area (TPSA) is 235 Å². The van der Waals surface area contributed by atoms with Crippen molar-refractivity contribution in [2.75, 3.05) is 25.1 Å². The number of nitrogens with two attached hydrogens (primary N) is 3. The molecule has 1 aromatic heterocycles. The number of thioether (sulfide) groups is 1. The molecule has 1 aliphatic rings. The first-order valence-electron chi connectivity index (χ1n) is 12.0. The van der Waals surface area contributed by atoms with Gasteiger partial charge in [0, 0.05) is 31.4 Å². The third-order valence-electron chi connectivity index (χ3n) is 5.96. The number of aromatic amines is 1. The summed E-state index contributed by atoms with van der Waals surface area (Å²) in [6.07, 6.45) is 6.84. The van der Waals surface area contributed by atoms with E-state index in [0.29, 0.717) is 43.7 Å². The molecule has 0 aromatic carbocycles. The number of amides is 3. The summed E-state index contributed by atoms with van der Waals surface area (Å²) in [7, 11) is 0. The molecule has 1 saturated heterocycles. The summed E-state index contributed by atoms with van der Waals surface area (Å²) in [5, 5.41) is 14.8. The normalized spacial score (nSPS) is 17.5. The quantitative estimate of drug-likeness (QED) is 0.0744. The van der Waals surface area contributed by atoms with E-state index >= 15 is 0 Å². The van der Waals surface area contributed by atoms with Crippen molar-refractivity contribution < 1.29 is 24.3 Å². The number of nitrogens with one attached hydrogen (secondary N) is 3. The molecule has 2 heterocycles. The van der Waals surface area contributed by atoms with Crippen molar-refractivity contribution in [1.29, 1.82) is 0 Å². The molecule has 14 nitrogen and oxygen atoms in total. The van der Waals surface area contributed by atoms with Crippen LogP contribution in [0.3, 0.4) is 0 Å². The Labute approximate surface area is 219 Å². The fourth-order valence-corrected chi connectivity index (χ4v) is 4.49. The second-order valence-corrected chi connectivity index (χ2v) is 9.75. The van der Waals surface area contributed by atoms with E-state index in [9.17, 15) is 24.3 Å². The minimum Gasteiger partial charge on any atom is -0.480 e. The van der Waals surface area contributed by atoms with Crippen molar-refractivity contribution in [1.82, 2.24) is 25.5 Å². The Bertz CT molecular complexity index is 939. The summed E-state index contributed by atoms with van der Waals surface area (Å²) in [4.78, 5) is 62.9. The van der Waals surface area contributed by atoms with Crippen molar-refractivity contribution in [3.05, 3.63) is 18.2 Å². The maximum Gasteiger partial charge on any atom is 0.326 e. The smallest absolute Gasteiger partial charge is 0.326 e. The number of hydrogen-bond donors (Lipinski definition) is 7. The summed E-state index contributed by atoms with van der Waals surface area (Å²) >= 11 is 1.56. The zero-order valence-corrected chi connectivity index (χ0v) is 21.7. The second-order valence-electron chi connectivity index (χ2n) is 8.77. The lowest BCUT2D eigenvalue weighted by molar-refractivity contribution is -0.145. The number of carboxylic acid groups (broad SMARTS) is 1. The number of imidazole rings is 1. The molecule has 0 radical (unpaired) electrons. The van der Waals surface area contributed by atoms with Gasteiger partial charge in [-0.3, -0.25) is 19.4 Å². The van der Waals surface area contributed by atoms with Crippen molar-refractivity contribution in [2.45, 2.75) is 62.7 Å². The molecule has 1 fully saturated rings. The van der Waals surface area contributed by atoms with Gasteiger partial charge in [-0.1, -0.05) is 0 Å². The number of rotatable bonds is 15. The average molecular weight is 540 g/mol. The predicted molar refractivity (Wildman–Crippen MR) is 139 cm³/mol. The summed E-state index contributed by atoms with van der Waals surface area (Å²) in [6, 6.07) is -3.78. The number of aliphatic imine (C=N–C) groups is 1. The number of carbonyl (C=O) groups excluding carboxylic acids is 3. The third kappa shape index (κ3) is 9.57. The van der Waals surface area contributed by atoms with E-state index in [1.54, 1.807) is 11.8 Å². The maximum atomic E-state index is 13.5. The van der Waals surface area contributed by atoms with Crippen LogP contribution in [0.1, 0.15) is 37.8 Å². The standard InChI is InChI=1S/C22H37N9O5S/c1-37-9-6-14(23)18(32)29-15(4-2-7-27-22(24)25)20(34)31-8-3-5-17(31)19(33)30-16(21(35)36)10-13-11-26-12-28-13/h11-12,14-17H,2-10,23H2,1H3,(H,26,28)(H,29,32)(H,30,33)(H,35,36)(H4,24,25,27). The first kappa shape index (κ1) is 29.9. The zero-order chi connectivity index (χ0) is 27.4. The van der Waals surface area contributed by atoms with Gasteiger partial charge in [0.25, 0.3) is 0 Å². The van der Waals surface area contributed by atoms with Gasteiger partial charge in [-0.2, -0.15) is 11.8 Å². The number of nitrogens with zero attached hydrogens (tertiary/aromatic N) is 3. The minimum atomic E-state index is -1.21. The molecule has 10 N–H and O–H groups in total. The van der Waals surface area contributed by atoms with Gasteiger partial charge in [-0.05, 0) is 44.1 Å². The molecule has 15 heteroatoms. The molecule has 37 heavy (non-hydrogen) atoms. The molecular weight excluding hydrogens is 502 g/mol. The molecule has 0 bridgehead atoms. The molecule has 3 amide bonds. The summed E-state index contributed by atoms with van der Waals surface area (Å²) in [6.45, 7) is 0.562. The van der Waals surface area contributed by atoms with Gasteiger partial charge in [0.05, 0.1) is 12.4 Å². The van der Waals surface area contributed by atoms with E-state index in [1.807, 2.05) is 6.26 Å². The van der Waals surface area contributed by atoms with Crippen LogP contribution in [-0.2, 0) is 25.6 Å². The van der Waals surface area contributed by atoms with Crippen molar-refractivity contribution in [2.24, 2.45) is 22.2 Å². The molecule has 4 unspecified atom stereocenters. The van der Waals surface area contributed by atoms with E-state index in [0.717, 1.165) is 0 Å². The number of carbonyl (C=O) groups is 4. The lowest BCUT2D eigenvalue weighted by atomic mass is 10.1. The highest BCUT2D eigenvalue weighted by molar-refractivity contribution is 7.98. The number of aliphatic carboxylic acids is 1. The fourth-order valence-electron chi connectivity index (χ4n) is 4.00. The van der Waals surface area contributed by atoms with Crippen molar-refractivity contribution >= 4 is 41.4 Å². The van der Waals surface area contributed by atoms with Crippen LogP contribution >= 0.6 is 11.8 Å². The van der Waals surface area contributed by atoms with Crippen molar-refractivity contribution in [3.63, 3.8) is 0 Å². The molecule has 4 atom stereocenters. The van der Waals surface area contributed by atoms with Crippen LogP contribution in [-0.4, -0.2) is 98.9 Å². The Morgan fingerprint density at radius 1 is 1.27 bits per heavy atom. The predicted octanol–water partition coefficient (Wildman–Crippen LogP) is -1.87. The highest BCUT2D eigenvalue weighted by atomic mass is 32.2. The Balaban J connectivity index is 2.11. The lowest BCUT2D eigenvalue weighted by Gasteiger charge is -2.30. The molecule has 0 aliphatic carbocycles. The molecule has 0 saturated carbocycles. The van der Waals surface area contributed by atoms with Crippen LogP contribution in [0.25, 0.3) is 0 Å². The third-order valence-corrected chi connectivity index (χ3v) is 6.61. The SMILES string of the molecule is CSCCC(N)C(=O)NC(CCCN=C(N)N)C(=O)N1CCCC1C(=O)NC(Cc1cnc[nH]1)C(=O)O. The summed E-state index contributed by atoms with van der Waals surface area (Å²) in [5.41, 5.74) is 17.3. The summed E-state index contributed by atoms with van der Waals surface area (Å²) in [5.74, 6) is -2.06. The highest BCUT2D eigenvalue weighted by Crippen LogP contribution is 2.20. The Hall–Kier alpha value is -3.33. The van der Waals surface area contributed by atoms with Crippen LogP contribution in [0.4, 0.5) is 0 Å². The molecule has 206 valence electrons. The van der Waals surface area contributed by atoms with Crippen molar-refractivity contribution in [3.8, 4) is 0 Å². The van der Waals surface area contributed by atoms with Gasteiger partial charge in [-0.15, -0.1) is 0 Å². The Kier molecular flexibility index (Phi) is 12.2. The van der Waals surface area contributed by atoms with E-state index in [4.69, 9.17) is 17.2 Å². The maximum absolute atomic E-state index is 13.5. The number of carboxylic acids is 1. The molecular formula is C22H37N9O5S. The molecule has 0 spiro atoms. The fraction of sp³-hybridized carbons (Fsp3) is 0.636. The van der Waals surface area contributed by atoms with Gasteiger partial charge in [0.2, 0.25) is 17.7 Å². The van der Waals surface area contributed by atoms with E-state index in [-0.39, 0.29) is 25.3 Å².